The number of aromatic nitrogens is 1. The topological polar surface area (TPSA) is 93.3 Å². The Bertz CT molecular complexity index is 635. The van der Waals surface area contributed by atoms with Gasteiger partial charge in [0.2, 0.25) is 0 Å². The van der Waals surface area contributed by atoms with Crippen molar-refractivity contribution in [2.45, 2.75) is 6.92 Å². The van der Waals surface area contributed by atoms with Gasteiger partial charge in [-0.05, 0) is 30.2 Å². The molecule has 2 rings (SSSR count). The predicted octanol–water partition coefficient (Wildman–Crippen LogP) is 2.66. The van der Waals surface area contributed by atoms with Gasteiger partial charge in [0.1, 0.15) is 0 Å². The fourth-order valence-corrected chi connectivity index (χ4v) is 1.72. The lowest BCUT2D eigenvalue weighted by molar-refractivity contribution is -0.384. The maximum Gasteiger partial charge on any atom is 0.335 e. The molecular formula is C13H10N2O4. The first-order chi connectivity index (χ1) is 8.97. The molecular weight excluding hydrogens is 248 g/mol. The average molecular weight is 258 g/mol. The molecule has 1 aromatic carbocycles. The van der Waals surface area contributed by atoms with Crippen LogP contribution in [0.1, 0.15) is 15.9 Å². The van der Waals surface area contributed by atoms with Crippen LogP contribution >= 0.6 is 0 Å². The molecule has 19 heavy (non-hydrogen) atoms. The van der Waals surface area contributed by atoms with Crippen molar-refractivity contribution in [3.05, 3.63) is 57.9 Å². The van der Waals surface area contributed by atoms with Crippen LogP contribution in [-0.2, 0) is 0 Å². The van der Waals surface area contributed by atoms with Crippen LogP contribution in [0.3, 0.4) is 0 Å². The number of rotatable bonds is 3. The Morgan fingerprint density at radius 3 is 2.53 bits per heavy atom. The van der Waals surface area contributed by atoms with Crippen molar-refractivity contribution in [3.63, 3.8) is 0 Å². The van der Waals surface area contributed by atoms with Gasteiger partial charge in [0.15, 0.2) is 0 Å². The smallest absolute Gasteiger partial charge is 0.335 e. The summed E-state index contributed by atoms with van der Waals surface area (Å²) in [6.07, 6.45) is 3.19. The van der Waals surface area contributed by atoms with Crippen molar-refractivity contribution >= 4 is 11.7 Å². The maximum atomic E-state index is 11.0. The lowest BCUT2D eigenvalue weighted by atomic mass is 10.0. The summed E-state index contributed by atoms with van der Waals surface area (Å²) in [6.45, 7) is 1.84. The molecule has 0 radical (unpaired) electrons. The largest absolute Gasteiger partial charge is 0.478 e. The van der Waals surface area contributed by atoms with Gasteiger partial charge >= 0.3 is 5.97 Å². The molecule has 1 heterocycles. The van der Waals surface area contributed by atoms with Gasteiger partial charge in [-0.15, -0.1) is 0 Å². The third kappa shape index (κ3) is 2.74. The van der Waals surface area contributed by atoms with E-state index in [1.807, 2.05) is 6.92 Å². The zero-order valence-electron chi connectivity index (χ0n) is 10.0. The highest BCUT2D eigenvalue weighted by molar-refractivity contribution is 5.90. The highest BCUT2D eigenvalue weighted by atomic mass is 16.6. The molecule has 0 atom stereocenters. The zero-order valence-corrected chi connectivity index (χ0v) is 10.0. The van der Waals surface area contributed by atoms with E-state index in [2.05, 4.69) is 4.98 Å². The number of non-ortho nitro benzene ring substituents is 1. The van der Waals surface area contributed by atoms with Crippen molar-refractivity contribution in [1.29, 1.82) is 0 Å². The number of hydrogen-bond donors (Lipinski definition) is 1. The number of nitrogens with zero attached hydrogens (tertiary/aromatic N) is 2. The summed E-state index contributed by atoms with van der Waals surface area (Å²) in [5.74, 6) is -1.20. The standard InChI is InChI=1S/C13H10N2O4/c1-8-2-11(7-14-6-8)9-3-10(13(16)17)5-12(4-9)15(18)19/h2-7H,1H3,(H,16,17). The van der Waals surface area contributed by atoms with Crippen LogP contribution in [0.2, 0.25) is 0 Å². The summed E-state index contributed by atoms with van der Waals surface area (Å²) in [7, 11) is 0. The third-order valence-corrected chi connectivity index (χ3v) is 2.58. The van der Waals surface area contributed by atoms with Gasteiger partial charge in [-0.3, -0.25) is 15.1 Å². The van der Waals surface area contributed by atoms with Crippen molar-refractivity contribution in [3.8, 4) is 11.1 Å². The number of aryl methyl sites for hydroxylation is 1. The van der Waals surface area contributed by atoms with Crippen LogP contribution in [0, 0.1) is 17.0 Å². The molecule has 0 saturated heterocycles. The molecule has 0 spiro atoms. The van der Waals surface area contributed by atoms with Crippen LogP contribution in [0.5, 0.6) is 0 Å². The molecule has 6 nitrogen and oxygen atoms in total. The summed E-state index contributed by atoms with van der Waals surface area (Å²) < 4.78 is 0. The molecule has 96 valence electrons. The molecule has 1 N–H and O–H groups in total. The number of nitro benzene ring substituents is 1. The van der Waals surface area contributed by atoms with E-state index in [0.29, 0.717) is 11.1 Å². The summed E-state index contributed by atoms with van der Waals surface area (Å²) in [4.78, 5) is 25.2. The number of benzene rings is 1. The molecule has 0 aliphatic rings. The first kappa shape index (κ1) is 12.7. The molecule has 6 heteroatoms. The first-order valence-corrected chi connectivity index (χ1v) is 5.42. The molecule has 0 aliphatic heterocycles. The molecule has 0 bridgehead atoms. The summed E-state index contributed by atoms with van der Waals surface area (Å²) in [5.41, 5.74) is 1.62. The Labute approximate surface area is 108 Å². The monoisotopic (exact) mass is 258 g/mol. The van der Waals surface area contributed by atoms with Gasteiger partial charge in [-0.2, -0.15) is 0 Å². The van der Waals surface area contributed by atoms with Gasteiger partial charge in [0.05, 0.1) is 10.5 Å². The predicted molar refractivity (Wildman–Crippen MR) is 68.0 cm³/mol. The minimum Gasteiger partial charge on any atom is -0.478 e. The number of aromatic carboxylic acids is 1. The highest BCUT2D eigenvalue weighted by Crippen LogP contribution is 2.26. The second kappa shape index (κ2) is 4.85. The number of pyridine rings is 1. The van der Waals surface area contributed by atoms with E-state index < -0.39 is 10.9 Å². The fourth-order valence-electron chi connectivity index (χ4n) is 1.72. The summed E-state index contributed by atoms with van der Waals surface area (Å²) >= 11 is 0. The van der Waals surface area contributed by atoms with Gasteiger partial charge < -0.3 is 5.11 Å². The normalized spacial score (nSPS) is 10.2. The third-order valence-electron chi connectivity index (χ3n) is 2.58. The van der Waals surface area contributed by atoms with Crippen LogP contribution < -0.4 is 0 Å². The molecule has 0 fully saturated rings. The quantitative estimate of drug-likeness (QED) is 0.674. The van der Waals surface area contributed by atoms with Crippen LogP contribution in [-0.4, -0.2) is 21.0 Å². The second-order valence-electron chi connectivity index (χ2n) is 4.08. The van der Waals surface area contributed by atoms with Crippen molar-refractivity contribution in [2.24, 2.45) is 0 Å². The molecule has 0 amide bonds. The number of carboxylic acid groups (broad SMARTS) is 1. The van der Waals surface area contributed by atoms with Crippen LogP contribution in [0.15, 0.2) is 36.7 Å². The van der Waals surface area contributed by atoms with E-state index in [9.17, 15) is 14.9 Å². The Morgan fingerprint density at radius 1 is 1.21 bits per heavy atom. The molecule has 2 aromatic rings. The molecule has 0 aliphatic carbocycles. The van der Waals surface area contributed by atoms with E-state index in [0.717, 1.165) is 11.6 Å². The molecule has 1 aromatic heterocycles. The van der Waals surface area contributed by atoms with E-state index in [1.165, 1.54) is 18.3 Å². The summed E-state index contributed by atoms with van der Waals surface area (Å²) in [5, 5.41) is 19.8. The van der Waals surface area contributed by atoms with Gasteiger partial charge in [0, 0.05) is 30.1 Å². The van der Waals surface area contributed by atoms with Crippen molar-refractivity contribution in [1.82, 2.24) is 4.98 Å². The SMILES string of the molecule is Cc1cncc(-c2cc(C(=O)O)cc([N+](=O)[O-])c2)c1. The number of carbonyl (C=O) groups is 1. The van der Waals surface area contributed by atoms with Gasteiger partial charge in [-0.1, -0.05) is 0 Å². The first-order valence-electron chi connectivity index (χ1n) is 5.42. The molecule has 0 unspecified atom stereocenters. The van der Waals surface area contributed by atoms with E-state index in [1.54, 1.807) is 12.3 Å². The number of hydrogen-bond acceptors (Lipinski definition) is 4. The van der Waals surface area contributed by atoms with Gasteiger partial charge in [0.25, 0.3) is 5.69 Å². The van der Waals surface area contributed by atoms with Crippen LogP contribution in [0.4, 0.5) is 5.69 Å². The second-order valence-corrected chi connectivity index (χ2v) is 4.08. The maximum absolute atomic E-state index is 11.0. The van der Waals surface area contributed by atoms with E-state index in [4.69, 9.17) is 5.11 Å². The zero-order chi connectivity index (χ0) is 14.0. The minimum atomic E-state index is -1.20. The Balaban J connectivity index is 2.62. The van der Waals surface area contributed by atoms with Gasteiger partial charge in [-0.25, -0.2) is 4.79 Å². The summed E-state index contributed by atoms with van der Waals surface area (Å²) in [6, 6.07) is 5.56. The van der Waals surface area contributed by atoms with E-state index in [-0.39, 0.29) is 11.3 Å². The Kier molecular flexibility index (Phi) is 3.24. The minimum absolute atomic E-state index is 0.120. The Morgan fingerprint density at radius 2 is 1.95 bits per heavy atom. The molecule has 0 saturated carbocycles. The average Bonchev–Trinajstić information content (AvgIpc) is 2.38. The lowest BCUT2D eigenvalue weighted by Crippen LogP contribution is -1.99. The Hall–Kier alpha value is -2.76. The highest BCUT2D eigenvalue weighted by Gasteiger charge is 2.14. The van der Waals surface area contributed by atoms with E-state index >= 15 is 0 Å². The fraction of sp³-hybridized carbons (Fsp3) is 0.0769. The van der Waals surface area contributed by atoms with Crippen molar-refractivity contribution in [2.75, 3.05) is 0 Å². The van der Waals surface area contributed by atoms with Crippen molar-refractivity contribution < 1.29 is 14.8 Å². The number of carboxylic acids is 1. The lowest BCUT2D eigenvalue weighted by Gasteiger charge is -2.04. The van der Waals surface area contributed by atoms with Crippen LogP contribution in [0.25, 0.3) is 11.1 Å². The number of nitro groups is 1.